The van der Waals surface area contributed by atoms with Gasteiger partial charge in [0.25, 0.3) is 0 Å². The van der Waals surface area contributed by atoms with E-state index in [1.54, 1.807) is 6.92 Å². The zero-order valence-corrected chi connectivity index (χ0v) is 8.18. The van der Waals surface area contributed by atoms with Crippen LogP contribution in [0.3, 0.4) is 0 Å². The lowest BCUT2D eigenvalue weighted by molar-refractivity contribution is 0.184. The summed E-state index contributed by atoms with van der Waals surface area (Å²) in [6.45, 7) is 1.65. The number of hydrogen-bond donors (Lipinski definition) is 1. The highest BCUT2D eigenvalue weighted by molar-refractivity contribution is 5.07. The van der Waals surface area contributed by atoms with E-state index in [1.165, 1.54) is 19.3 Å². The van der Waals surface area contributed by atoms with Crippen LogP contribution in [-0.4, -0.2) is 15.2 Å². The minimum Gasteiger partial charge on any atom is -0.385 e. The lowest BCUT2D eigenvalue weighted by Gasteiger charge is -2.03. The summed E-state index contributed by atoms with van der Waals surface area (Å²) in [5.74, 6) is 3.44. The van der Waals surface area contributed by atoms with Gasteiger partial charge in [-0.15, -0.1) is 0 Å². The molecule has 0 aromatic carbocycles. The number of aromatic nitrogens is 2. The van der Waals surface area contributed by atoms with Gasteiger partial charge in [0.05, 0.1) is 0 Å². The second-order valence-electron chi connectivity index (χ2n) is 4.59. The summed E-state index contributed by atoms with van der Waals surface area (Å²) in [5, 5.41) is 13.0. The first-order valence-corrected chi connectivity index (χ1v) is 5.25. The summed E-state index contributed by atoms with van der Waals surface area (Å²) >= 11 is 0. The molecule has 0 amide bonds. The molecule has 0 saturated heterocycles. The third-order valence-electron chi connectivity index (χ3n) is 3.42. The number of hydrogen-bond acceptors (Lipinski definition) is 4. The minimum atomic E-state index is -0.622. The largest absolute Gasteiger partial charge is 0.385 e. The fourth-order valence-corrected chi connectivity index (χ4v) is 2.50. The Morgan fingerprint density at radius 3 is 2.64 bits per heavy atom. The van der Waals surface area contributed by atoms with E-state index in [4.69, 9.17) is 4.52 Å². The van der Waals surface area contributed by atoms with Crippen molar-refractivity contribution in [3.63, 3.8) is 0 Å². The van der Waals surface area contributed by atoms with Crippen molar-refractivity contribution < 1.29 is 9.63 Å². The molecule has 2 aliphatic rings. The molecule has 0 aliphatic heterocycles. The van der Waals surface area contributed by atoms with Gasteiger partial charge in [0, 0.05) is 5.92 Å². The summed E-state index contributed by atoms with van der Waals surface area (Å²) in [7, 11) is 0. The predicted octanol–water partition coefficient (Wildman–Crippen LogP) is 1.64. The molecule has 3 atom stereocenters. The molecule has 2 fully saturated rings. The topological polar surface area (TPSA) is 59.2 Å². The SMILES string of the molecule is CC(O)c1noc(C2CC3CC3C2)n1. The molecule has 3 unspecified atom stereocenters. The first-order chi connectivity index (χ1) is 6.74. The second kappa shape index (κ2) is 2.79. The van der Waals surface area contributed by atoms with E-state index in [1.807, 2.05) is 0 Å². The van der Waals surface area contributed by atoms with Crippen molar-refractivity contribution >= 4 is 0 Å². The zero-order chi connectivity index (χ0) is 9.71. The Kier molecular flexibility index (Phi) is 1.68. The van der Waals surface area contributed by atoms with Crippen molar-refractivity contribution in [1.29, 1.82) is 0 Å². The second-order valence-corrected chi connectivity index (χ2v) is 4.59. The maximum atomic E-state index is 9.26. The van der Waals surface area contributed by atoms with Gasteiger partial charge in [-0.1, -0.05) is 5.16 Å². The highest BCUT2D eigenvalue weighted by Crippen LogP contribution is 2.57. The van der Waals surface area contributed by atoms with Gasteiger partial charge in [0.2, 0.25) is 5.89 Å². The summed E-state index contributed by atoms with van der Waals surface area (Å²) in [5.41, 5.74) is 0. The Hall–Kier alpha value is -0.900. The van der Waals surface area contributed by atoms with Crippen molar-refractivity contribution in [3.8, 4) is 0 Å². The lowest BCUT2D eigenvalue weighted by Crippen LogP contribution is -1.98. The standard InChI is InChI=1S/C10H14N2O2/c1-5(13)9-11-10(14-12-9)8-3-6-2-7(6)4-8/h5-8,13H,2-4H2,1H3. The predicted molar refractivity (Wildman–Crippen MR) is 48.5 cm³/mol. The monoisotopic (exact) mass is 194 g/mol. The van der Waals surface area contributed by atoms with Crippen LogP contribution in [0.1, 0.15) is 49.9 Å². The smallest absolute Gasteiger partial charge is 0.229 e. The van der Waals surface area contributed by atoms with Crippen molar-refractivity contribution in [3.05, 3.63) is 11.7 Å². The first-order valence-electron chi connectivity index (χ1n) is 5.25. The molecule has 2 aliphatic carbocycles. The summed E-state index contributed by atoms with van der Waals surface area (Å²) in [4.78, 5) is 4.22. The van der Waals surface area contributed by atoms with Crippen molar-refractivity contribution in [2.24, 2.45) is 11.8 Å². The Bertz CT molecular complexity index is 338. The number of nitrogens with zero attached hydrogens (tertiary/aromatic N) is 2. The average molecular weight is 194 g/mol. The molecule has 0 radical (unpaired) electrons. The van der Waals surface area contributed by atoms with Gasteiger partial charge in [-0.2, -0.15) is 4.98 Å². The highest BCUT2D eigenvalue weighted by atomic mass is 16.5. The Morgan fingerprint density at radius 1 is 1.36 bits per heavy atom. The normalized spacial score (nSPS) is 36.9. The van der Waals surface area contributed by atoms with E-state index in [-0.39, 0.29) is 0 Å². The van der Waals surface area contributed by atoms with Crippen LogP contribution in [0.25, 0.3) is 0 Å². The van der Waals surface area contributed by atoms with Crippen LogP contribution in [0.5, 0.6) is 0 Å². The van der Waals surface area contributed by atoms with Gasteiger partial charge in [-0.25, -0.2) is 0 Å². The third kappa shape index (κ3) is 1.25. The molecule has 1 N–H and O–H groups in total. The molecule has 14 heavy (non-hydrogen) atoms. The minimum absolute atomic E-state index is 0.417. The van der Waals surface area contributed by atoms with Crippen molar-refractivity contribution in [2.75, 3.05) is 0 Å². The molecule has 1 aromatic rings. The molecule has 0 spiro atoms. The van der Waals surface area contributed by atoms with Crippen molar-refractivity contribution in [2.45, 2.75) is 38.2 Å². The molecule has 2 saturated carbocycles. The third-order valence-corrected chi connectivity index (χ3v) is 3.42. The van der Waals surface area contributed by atoms with Crippen LogP contribution in [0.15, 0.2) is 4.52 Å². The zero-order valence-electron chi connectivity index (χ0n) is 8.18. The van der Waals surface area contributed by atoms with Crippen molar-refractivity contribution in [1.82, 2.24) is 10.1 Å². The molecule has 1 aromatic heterocycles. The molecule has 0 bridgehead atoms. The number of rotatable bonds is 2. The summed E-state index contributed by atoms with van der Waals surface area (Å²) < 4.78 is 5.16. The Labute approximate surface area is 82.3 Å². The van der Waals surface area contributed by atoms with Gasteiger partial charge in [0.1, 0.15) is 6.10 Å². The van der Waals surface area contributed by atoms with Gasteiger partial charge in [-0.3, -0.25) is 0 Å². The van der Waals surface area contributed by atoms with E-state index in [2.05, 4.69) is 10.1 Å². The molecular weight excluding hydrogens is 180 g/mol. The summed E-state index contributed by atoms with van der Waals surface area (Å²) in [6.07, 6.45) is 3.18. The van der Waals surface area contributed by atoms with Gasteiger partial charge >= 0.3 is 0 Å². The maximum absolute atomic E-state index is 9.26. The fourth-order valence-electron chi connectivity index (χ4n) is 2.50. The van der Waals surface area contributed by atoms with Crippen LogP contribution < -0.4 is 0 Å². The van der Waals surface area contributed by atoms with E-state index in [9.17, 15) is 5.11 Å². The van der Waals surface area contributed by atoms with Gasteiger partial charge < -0.3 is 9.63 Å². The Morgan fingerprint density at radius 2 is 2.07 bits per heavy atom. The number of aliphatic hydroxyl groups excluding tert-OH is 1. The fraction of sp³-hybridized carbons (Fsp3) is 0.800. The maximum Gasteiger partial charge on any atom is 0.229 e. The molecule has 3 rings (SSSR count). The molecule has 76 valence electrons. The molecule has 4 heteroatoms. The van der Waals surface area contributed by atoms with Crippen LogP contribution >= 0.6 is 0 Å². The van der Waals surface area contributed by atoms with Crippen LogP contribution in [0.4, 0.5) is 0 Å². The number of fused-ring (bicyclic) bond motifs is 1. The molecule has 1 heterocycles. The average Bonchev–Trinajstić information content (AvgIpc) is 2.69. The van der Waals surface area contributed by atoms with Gasteiger partial charge in [0.15, 0.2) is 5.82 Å². The quantitative estimate of drug-likeness (QED) is 0.777. The van der Waals surface area contributed by atoms with Crippen LogP contribution in [0.2, 0.25) is 0 Å². The molecule has 4 nitrogen and oxygen atoms in total. The Balaban J connectivity index is 1.76. The van der Waals surface area contributed by atoms with Crippen LogP contribution in [-0.2, 0) is 0 Å². The first kappa shape index (κ1) is 8.41. The molecular formula is C10H14N2O2. The van der Waals surface area contributed by atoms with Gasteiger partial charge in [-0.05, 0) is 38.0 Å². The summed E-state index contributed by atoms with van der Waals surface area (Å²) in [6, 6.07) is 0. The number of aliphatic hydroxyl groups is 1. The lowest BCUT2D eigenvalue weighted by atomic mass is 10.0. The van der Waals surface area contributed by atoms with Crippen LogP contribution in [0, 0.1) is 11.8 Å². The highest BCUT2D eigenvalue weighted by Gasteiger charge is 2.47. The van der Waals surface area contributed by atoms with E-state index < -0.39 is 6.10 Å². The van der Waals surface area contributed by atoms with E-state index >= 15 is 0 Å². The van der Waals surface area contributed by atoms with E-state index in [0.717, 1.165) is 17.7 Å². The van der Waals surface area contributed by atoms with E-state index in [0.29, 0.717) is 11.7 Å².